The largest absolute Gasteiger partial charge is 0.494 e. The lowest BCUT2D eigenvalue weighted by molar-refractivity contribution is 0.102. The lowest BCUT2D eigenvalue weighted by Gasteiger charge is -2.27. The second-order valence-corrected chi connectivity index (χ2v) is 5.84. The van der Waals surface area contributed by atoms with Gasteiger partial charge in [-0.1, -0.05) is 0 Å². The van der Waals surface area contributed by atoms with Crippen molar-refractivity contribution in [3.05, 3.63) is 54.1 Å². The monoisotopic (exact) mass is 326 g/mol. The van der Waals surface area contributed by atoms with Gasteiger partial charge in [0.1, 0.15) is 5.75 Å². The highest BCUT2D eigenvalue weighted by Crippen LogP contribution is 2.20. The Balaban J connectivity index is 2.03. The molecule has 0 saturated heterocycles. The van der Waals surface area contributed by atoms with E-state index in [0.29, 0.717) is 18.2 Å². The maximum atomic E-state index is 12.3. The van der Waals surface area contributed by atoms with Gasteiger partial charge in [0.2, 0.25) is 0 Å². The summed E-state index contributed by atoms with van der Waals surface area (Å²) in [5, 5.41) is 2.92. The number of carbonyl (C=O) groups excluding carboxylic acids is 1. The smallest absolute Gasteiger partial charge is 0.255 e. The van der Waals surface area contributed by atoms with E-state index in [1.165, 1.54) is 0 Å². The van der Waals surface area contributed by atoms with E-state index in [4.69, 9.17) is 4.74 Å². The summed E-state index contributed by atoms with van der Waals surface area (Å²) in [4.78, 5) is 14.6. The number of nitrogens with one attached hydrogen (secondary N) is 1. The summed E-state index contributed by atoms with van der Waals surface area (Å²) in [5.74, 6) is 0.647. The van der Waals surface area contributed by atoms with E-state index in [1.807, 2.05) is 43.3 Å². The fraction of sp³-hybridized carbons (Fsp3) is 0.350. The molecule has 4 nitrogen and oxygen atoms in total. The van der Waals surface area contributed by atoms with Crippen LogP contribution < -0.4 is 15.0 Å². The zero-order valence-electron chi connectivity index (χ0n) is 14.9. The van der Waals surface area contributed by atoms with Gasteiger partial charge in [-0.05, 0) is 76.2 Å². The highest BCUT2D eigenvalue weighted by Gasteiger charge is 2.09. The minimum absolute atomic E-state index is 0.123. The van der Waals surface area contributed by atoms with E-state index in [2.05, 4.69) is 31.0 Å². The van der Waals surface area contributed by atoms with E-state index in [-0.39, 0.29) is 5.91 Å². The molecule has 0 atom stereocenters. The number of carbonyl (C=O) groups is 1. The predicted octanol–water partition coefficient (Wildman–Crippen LogP) is 4.57. The maximum absolute atomic E-state index is 12.3. The minimum atomic E-state index is -0.123. The summed E-state index contributed by atoms with van der Waals surface area (Å²) < 4.78 is 5.39. The zero-order valence-corrected chi connectivity index (χ0v) is 14.9. The Kier molecular flexibility index (Phi) is 6.24. The number of benzene rings is 2. The fourth-order valence-electron chi connectivity index (χ4n) is 2.65. The summed E-state index contributed by atoms with van der Waals surface area (Å²) in [5.41, 5.74) is 2.56. The van der Waals surface area contributed by atoms with Gasteiger partial charge in [-0.15, -0.1) is 0 Å². The van der Waals surface area contributed by atoms with Crippen molar-refractivity contribution in [3.8, 4) is 5.75 Å². The Morgan fingerprint density at radius 3 is 2.17 bits per heavy atom. The molecule has 2 aromatic carbocycles. The minimum Gasteiger partial charge on any atom is -0.494 e. The molecule has 0 radical (unpaired) electrons. The molecule has 128 valence electrons. The molecule has 0 aromatic heterocycles. The summed E-state index contributed by atoms with van der Waals surface area (Å²) in [6, 6.07) is 15.6. The molecule has 0 bridgehead atoms. The van der Waals surface area contributed by atoms with Crippen LogP contribution in [-0.4, -0.2) is 25.1 Å². The molecule has 0 aliphatic heterocycles. The normalized spacial score (nSPS) is 10.5. The summed E-state index contributed by atoms with van der Waals surface area (Å²) in [6.07, 6.45) is 0. The standard InChI is InChI=1S/C20H26N2O2/c1-5-22(15(3)4)18-11-9-17(10-12-18)21-20(23)16-7-13-19(14-8-16)24-6-2/h7-15H,5-6H2,1-4H3,(H,21,23). The van der Waals surface area contributed by atoms with Crippen LogP contribution in [0.3, 0.4) is 0 Å². The molecule has 1 amide bonds. The first kappa shape index (κ1) is 17.9. The number of hydrogen-bond donors (Lipinski definition) is 1. The van der Waals surface area contributed by atoms with Gasteiger partial charge >= 0.3 is 0 Å². The molecule has 0 aliphatic carbocycles. The molecule has 2 rings (SSSR count). The van der Waals surface area contributed by atoms with Crippen molar-refractivity contribution in [3.63, 3.8) is 0 Å². The highest BCUT2D eigenvalue weighted by molar-refractivity contribution is 6.04. The van der Waals surface area contributed by atoms with Gasteiger partial charge in [-0.2, -0.15) is 0 Å². The number of rotatable bonds is 7. The van der Waals surface area contributed by atoms with Crippen LogP contribution in [-0.2, 0) is 0 Å². The molecule has 4 heteroatoms. The van der Waals surface area contributed by atoms with Crippen LogP contribution in [0, 0.1) is 0 Å². The van der Waals surface area contributed by atoms with Crippen LogP contribution in [0.25, 0.3) is 0 Å². The third-order valence-electron chi connectivity index (χ3n) is 3.85. The quantitative estimate of drug-likeness (QED) is 0.810. The topological polar surface area (TPSA) is 41.6 Å². The first-order chi connectivity index (χ1) is 11.5. The Labute approximate surface area is 144 Å². The number of hydrogen-bond acceptors (Lipinski definition) is 3. The van der Waals surface area contributed by atoms with Crippen molar-refractivity contribution < 1.29 is 9.53 Å². The van der Waals surface area contributed by atoms with Gasteiger partial charge in [0, 0.05) is 29.5 Å². The van der Waals surface area contributed by atoms with Gasteiger partial charge in [-0.3, -0.25) is 4.79 Å². The highest BCUT2D eigenvalue weighted by atomic mass is 16.5. The summed E-state index contributed by atoms with van der Waals surface area (Å²) in [7, 11) is 0. The van der Waals surface area contributed by atoms with Crippen molar-refractivity contribution >= 4 is 17.3 Å². The average Bonchev–Trinajstić information content (AvgIpc) is 2.57. The molecular formula is C20H26N2O2. The van der Waals surface area contributed by atoms with Crippen LogP contribution in [0.2, 0.25) is 0 Å². The van der Waals surface area contributed by atoms with E-state index in [1.54, 1.807) is 12.1 Å². The zero-order chi connectivity index (χ0) is 17.5. The third kappa shape index (κ3) is 4.51. The van der Waals surface area contributed by atoms with Crippen LogP contribution in [0.1, 0.15) is 38.1 Å². The second kappa shape index (κ2) is 8.39. The number of ether oxygens (including phenoxy) is 1. The predicted molar refractivity (Wildman–Crippen MR) is 100 cm³/mol. The van der Waals surface area contributed by atoms with Crippen LogP contribution in [0.5, 0.6) is 5.75 Å². The second-order valence-electron chi connectivity index (χ2n) is 5.84. The molecule has 1 N–H and O–H groups in total. The number of amides is 1. The number of anilines is 2. The Hall–Kier alpha value is -2.49. The van der Waals surface area contributed by atoms with Crippen molar-refractivity contribution in [2.45, 2.75) is 33.7 Å². The lowest BCUT2D eigenvalue weighted by Crippen LogP contribution is -2.30. The van der Waals surface area contributed by atoms with Crippen LogP contribution >= 0.6 is 0 Å². The first-order valence-electron chi connectivity index (χ1n) is 8.46. The molecule has 24 heavy (non-hydrogen) atoms. The molecule has 0 aliphatic rings. The van der Waals surface area contributed by atoms with E-state index in [9.17, 15) is 4.79 Å². The molecule has 0 fully saturated rings. The fourth-order valence-corrected chi connectivity index (χ4v) is 2.65. The lowest BCUT2D eigenvalue weighted by atomic mass is 10.2. The van der Waals surface area contributed by atoms with Crippen molar-refractivity contribution in [1.82, 2.24) is 0 Å². The van der Waals surface area contributed by atoms with Gasteiger partial charge < -0.3 is 15.0 Å². The molecule has 0 heterocycles. The third-order valence-corrected chi connectivity index (χ3v) is 3.85. The summed E-state index contributed by atoms with van der Waals surface area (Å²) in [6.45, 7) is 9.99. The average molecular weight is 326 g/mol. The van der Waals surface area contributed by atoms with Crippen LogP contribution in [0.4, 0.5) is 11.4 Å². The van der Waals surface area contributed by atoms with Crippen LogP contribution in [0.15, 0.2) is 48.5 Å². The van der Waals surface area contributed by atoms with Gasteiger partial charge in [0.25, 0.3) is 5.91 Å². The van der Waals surface area contributed by atoms with Crippen molar-refractivity contribution in [2.75, 3.05) is 23.4 Å². The van der Waals surface area contributed by atoms with E-state index < -0.39 is 0 Å². The Bertz CT molecular complexity index is 648. The Morgan fingerprint density at radius 2 is 1.67 bits per heavy atom. The molecule has 0 saturated carbocycles. The van der Waals surface area contributed by atoms with E-state index in [0.717, 1.165) is 23.7 Å². The molecule has 0 spiro atoms. The molecular weight excluding hydrogens is 300 g/mol. The van der Waals surface area contributed by atoms with Crippen molar-refractivity contribution in [2.24, 2.45) is 0 Å². The first-order valence-corrected chi connectivity index (χ1v) is 8.46. The van der Waals surface area contributed by atoms with Crippen molar-refractivity contribution in [1.29, 1.82) is 0 Å². The SMILES string of the molecule is CCOc1ccc(C(=O)Nc2ccc(N(CC)C(C)C)cc2)cc1. The Morgan fingerprint density at radius 1 is 1.04 bits per heavy atom. The molecule has 0 unspecified atom stereocenters. The maximum Gasteiger partial charge on any atom is 0.255 e. The summed E-state index contributed by atoms with van der Waals surface area (Å²) >= 11 is 0. The number of nitrogens with zero attached hydrogens (tertiary/aromatic N) is 1. The van der Waals surface area contributed by atoms with Gasteiger partial charge in [0.05, 0.1) is 6.61 Å². The van der Waals surface area contributed by atoms with Gasteiger partial charge in [0.15, 0.2) is 0 Å². The molecule has 2 aromatic rings. The van der Waals surface area contributed by atoms with E-state index >= 15 is 0 Å². The van der Waals surface area contributed by atoms with Gasteiger partial charge in [-0.25, -0.2) is 0 Å².